The van der Waals surface area contributed by atoms with Crippen LogP contribution in [0.4, 0.5) is 22.4 Å². The summed E-state index contributed by atoms with van der Waals surface area (Å²) in [7, 11) is 0. The number of halogens is 4. The number of carbonyl (C=O) groups is 1. The van der Waals surface area contributed by atoms with Gasteiger partial charge >= 0.3 is 12.2 Å². The van der Waals surface area contributed by atoms with E-state index in [0.717, 1.165) is 28.3 Å². The fraction of sp³-hybridized carbons (Fsp3) is 0.316. The van der Waals surface area contributed by atoms with Crippen molar-refractivity contribution in [3.8, 4) is 0 Å². The maximum Gasteiger partial charge on any atom is 0.416 e. The number of thioether (sulfide) groups is 1. The van der Waals surface area contributed by atoms with Gasteiger partial charge in [0.1, 0.15) is 5.82 Å². The summed E-state index contributed by atoms with van der Waals surface area (Å²) in [5.74, 6) is 0.487. The van der Waals surface area contributed by atoms with Gasteiger partial charge < -0.3 is 10.6 Å². The second kappa shape index (κ2) is 8.21. The Bertz CT molecular complexity index is 808. The van der Waals surface area contributed by atoms with Crippen LogP contribution in [0, 0.1) is 5.82 Å². The minimum Gasteiger partial charge on any atom is -0.338 e. The quantitative estimate of drug-likeness (QED) is 0.718. The maximum atomic E-state index is 13.5. The highest BCUT2D eigenvalue weighted by atomic mass is 32.2. The van der Waals surface area contributed by atoms with Crippen LogP contribution in [-0.4, -0.2) is 18.3 Å². The third-order valence-corrected chi connectivity index (χ3v) is 5.42. The zero-order valence-electron chi connectivity index (χ0n) is 14.3. The molecular weight excluding hydrogens is 380 g/mol. The molecule has 0 aliphatic carbocycles. The Balaban J connectivity index is 1.50. The van der Waals surface area contributed by atoms with Gasteiger partial charge in [-0.05, 0) is 54.3 Å². The van der Waals surface area contributed by atoms with Crippen LogP contribution in [0.15, 0.2) is 47.4 Å². The number of hydrogen-bond acceptors (Lipinski definition) is 2. The van der Waals surface area contributed by atoms with E-state index in [-0.39, 0.29) is 24.4 Å². The monoisotopic (exact) mass is 398 g/mol. The van der Waals surface area contributed by atoms with Crippen molar-refractivity contribution < 1.29 is 22.4 Å². The summed E-state index contributed by atoms with van der Waals surface area (Å²) < 4.78 is 51.1. The van der Waals surface area contributed by atoms with Gasteiger partial charge in [-0.1, -0.05) is 12.1 Å². The predicted octanol–water partition coefficient (Wildman–Crippen LogP) is 4.92. The molecule has 0 saturated heterocycles. The largest absolute Gasteiger partial charge is 0.416 e. The van der Waals surface area contributed by atoms with Gasteiger partial charge in [-0.2, -0.15) is 13.2 Å². The number of carbonyl (C=O) groups excluding carboxylic acids is 1. The Morgan fingerprint density at radius 2 is 1.89 bits per heavy atom. The van der Waals surface area contributed by atoms with E-state index >= 15 is 0 Å². The molecule has 1 aliphatic heterocycles. The van der Waals surface area contributed by atoms with Crippen LogP contribution in [0.3, 0.4) is 0 Å². The lowest BCUT2D eigenvalue weighted by atomic mass is 10.0. The maximum absolute atomic E-state index is 13.5. The van der Waals surface area contributed by atoms with Crippen LogP contribution in [-0.2, 0) is 12.6 Å². The molecular formula is C19H18F4N2OS. The lowest BCUT2D eigenvalue weighted by Gasteiger charge is -2.26. The van der Waals surface area contributed by atoms with Crippen LogP contribution < -0.4 is 10.6 Å². The highest BCUT2D eigenvalue weighted by Crippen LogP contribution is 2.36. The van der Waals surface area contributed by atoms with Crippen molar-refractivity contribution in [3.63, 3.8) is 0 Å². The van der Waals surface area contributed by atoms with E-state index in [4.69, 9.17) is 0 Å². The molecule has 0 radical (unpaired) electrons. The molecule has 1 unspecified atom stereocenters. The van der Waals surface area contributed by atoms with E-state index in [9.17, 15) is 22.4 Å². The minimum absolute atomic E-state index is 0.261. The zero-order valence-corrected chi connectivity index (χ0v) is 15.1. The molecule has 0 spiro atoms. The van der Waals surface area contributed by atoms with Gasteiger partial charge in [0.25, 0.3) is 0 Å². The summed E-state index contributed by atoms with van der Waals surface area (Å²) in [6.45, 7) is 0.286. The van der Waals surface area contributed by atoms with Crippen molar-refractivity contribution in [2.24, 2.45) is 0 Å². The fourth-order valence-electron chi connectivity index (χ4n) is 2.91. The van der Waals surface area contributed by atoms with Gasteiger partial charge in [-0.25, -0.2) is 9.18 Å². The average Bonchev–Trinajstić information content (AvgIpc) is 2.62. The summed E-state index contributed by atoms with van der Waals surface area (Å²) in [4.78, 5) is 13.1. The standard InChI is InChI=1S/C19H18F4N2OS/c20-14-5-6-17-15(11-14)16(8-10-27-17)25-18(26)24-9-7-12-1-3-13(4-2-12)19(21,22)23/h1-6,11,16H,7-10H2,(H2,24,25,26). The van der Waals surface area contributed by atoms with Crippen molar-refractivity contribution >= 4 is 17.8 Å². The van der Waals surface area contributed by atoms with Crippen molar-refractivity contribution in [1.82, 2.24) is 10.6 Å². The first kappa shape index (κ1) is 19.5. The number of rotatable bonds is 4. The number of alkyl halides is 3. The number of urea groups is 1. The summed E-state index contributed by atoms with van der Waals surface area (Å²) in [6, 6.07) is 8.77. The first-order chi connectivity index (χ1) is 12.8. The number of amides is 2. The van der Waals surface area contributed by atoms with Crippen molar-refractivity contribution in [2.45, 2.75) is 30.0 Å². The Morgan fingerprint density at radius 3 is 2.59 bits per heavy atom. The van der Waals surface area contributed by atoms with Crippen molar-refractivity contribution in [3.05, 3.63) is 65.0 Å². The van der Waals surface area contributed by atoms with Gasteiger partial charge in [0, 0.05) is 17.2 Å². The SMILES string of the molecule is O=C(NCCc1ccc(C(F)(F)F)cc1)NC1CCSc2ccc(F)cc21. The first-order valence-electron chi connectivity index (χ1n) is 8.45. The molecule has 0 aromatic heterocycles. The van der Waals surface area contributed by atoms with Crippen LogP contribution >= 0.6 is 11.8 Å². The normalized spacial score (nSPS) is 16.5. The van der Waals surface area contributed by atoms with Gasteiger partial charge in [0.05, 0.1) is 11.6 Å². The Morgan fingerprint density at radius 1 is 1.15 bits per heavy atom. The van der Waals surface area contributed by atoms with Crippen molar-refractivity contribution in [2.75, 3.05) is 12.3 Å². The molecule has 8 heteroatoms. The molecule has 1 heterocycles. The third kappa shape index (κ3) is 5.15. The lowest BCUT2D eigenvalue weighted by Crippen LogP contribution is -2.39. The van der Waals surface area contributed by atoms with Gasteiger partial charge in [0.15, 0.2) is 0 Å². The van der Waals surface area contributed by atoms with E-state index < -0.39 is 11.7 Å². The Labute approximate surface area is 158 Å². The molecule has 1 aliphatic rings. The molecule has 2 aromatic carbocycles. The molecule has 0 saturated carbocycles. The molecule has 2 aromatic rings. The van der Waals surface area contributed by atoms with Crippen LogP contribution in [0.1, 0.15) is 29.2 Å². The molecule has 2 N–H and O–H groups in total. The number of nitrogens with one attached hydrogen (secondary N) is 2. The molecule has 0 fully saturated rings. The van der Waals surface area contributed by atoms with Crippen LogP contribution in [0.2, 0.25) is 0 Å². The zero-order chi connectivity index (χ0) is 19.4. The summed E-state index contributed by atoms with van der Waals surface area (Å²) in [5.41, 5.74) is 0.770. The fourth-order valence-corrected chi connectivity index (χ4v) is 4.01. The van der Waals surface area contributed by atoms with Gasteiger partial charge in [0.2, 0.25) is 0 Å². The predicted molar refractivity (Wildman–Crippen MR) is 96.2 cm³/mol. The van der Waals surface area contributed by atoms with E-state index in [1.54, 1.807) is 17.8 Å². The minimum atomic E-state index is -4.36. The van der Waals surface area contributed by atoms with E-state index in [2.05, 4.69) is 10.6 Å². The number of hydrogen-bond donors (Lipinski definition) is 2. The van der Waals surface area contributed by atoms with Crippen LogP contribution in [0.5, 0.6) is 0 Å². The summed E-state index contributed by atoms with van der Waals surface area (Å²) in [5, 5.41) is 5.53. The second-order valence-corrected chi connectivity index (χ2v) is 7.35. The topological polar surface area (TPSA) is 41.1 Å². The molecule has 0 bridgehead atoms. The lowest BCUT2D eigenvalue weighted by molar-refractivity contribution is -0.137. The molecule has 2 amide bonds. The third-order valence-electron chi connectivity index (χ3n) is 4.30. The molecule has 144 valence electrons. The summed E-state index contributed by atoms with van der Waals surface area (Å²) >= 11 is 1.63. The highest BCUT2D eigenvalue weighted by Gasteiger charge is 2.29. The molecule has 3 rings (SSSR count). The van der Waals surface area contributed by atoms with E-state index in [1.807, 2.05) is 0 Å². The van der Waals surface area contributed by atoms with E-state index in [0.29, 0.717) is 18.4 Å². The van der Waals surface area contributed by atoms with Crippen LogP contribution in [0.25, 0.3) is 0 Å². The Kier molecular flexibility index (Phi) is 5.94. The summed E-state index contributed by atoms with van der Waals surface area (Å²) in [6.07, 6.45) is -3.24. The molecule has 3 nitrogen and oxygen atoms in total. The first-order valence-corrected chi connectivity index (χ1v) is 9.44. The number of benzene rings is 2. The highest BCUT2D eigenvalue weighted by molar-refractivity contribution is 7.99. The average molecular weight is 398 g/mol. The van der Waals surface area contributed by atoms with E-state index in [1.165, 1.54) is 24.3 Å². The van der Waals surface area contributed by atoms with Gasteiger partial charge in [-0.3, -0.25) is 0 Å². The van der Waals surface area contributed by atoms with Gasteiger partial charge in [-0.15, -0.1) is 11.8 Å². The molecule has 1 atom stereocenters. The van der Waals surface area contributed by atoms with Crippen molar-refractivity contribution in [1.29, 1.82) is 0 Å². The number of fused-ring (bicyclic) bond motifs is 1. The smallest absolute Gasteiger partial charge is 0.338 e. The second-order valence-electron chi connectivity index (χ2n) is 6.22. The molecule has 27 heavy (non-hydrogen) atoms. The Hall–Kier alpha value is -2.22.